The number of anilines is 1. The summed E-state index contributed by atoms with van der Waals surface area (Å²) >= 11 is 3.97. The highest BCUT2D eigenvalue weighted by Crippen LogP contribution is 2.15. The van der Waals surface area contributed by atoms with Gasteiger partial charge in [0, 0.05) is 12.7 Å². The summed E-state index contributed by atoms with van der Waals surface area (Å²) in [7, 11) is 0. The van der Waals surface area contributed by atoms with Crippen molar-refractivity contribution >= 4 is 30.1 Å². The number of nitrogens with one attached hydrogen (secondary N) is 2. The summed E-state index contributed by atoms with van der Waals surface area (Å²) in [5, 5.41) is 4.85. The van der Waals surface area contributed by atoms with Gasteiger partial charge in [-0.2, -0.15) is 12.6 Å². The van der Waals surface area contributed by atoms with E-state index in [1.807, 2.05) is 0 Å². The molecule has 0 heterocycles. The summed E-state index contributed by atoms with van der Waals surface area (Å²) in [4.78, 5) is 22.7. The minimum absolute atomic E-state index is 0.0859. The molecule has 0 aliphatic rings. The third-order valence-corrected chi connectivity index (χ3v) is 2.62. The van der Waals surface area contributed by atoms with Gasteiger partial charge >= 0.3 is 0 Å². The van der Waals surface area contributed by atoms with Gasteiger partial charge in [0.2, 0.25) is 11.8 Å². The van der Waals surface area contributed by atoms with E-state index in [-0.39, 0.29) is 17.3 Å². The van der Waals surface area contributed by atoms with E-state index >= 15 is 0 Å². The van der Waals surface area contributed by atoms with Gasteiger partial charge in [0.05, 0.1) is 5.69 Å². The zero-order valence-corrected chi connectivity index (χ0v) is 11.1. The van der Waals surface area contributed by atoms with Gasteiger partial charge in [-0.15, -0.1) is 0 Å². The first-order valence-electron chi connectivity index (χ1n) is 5.39. The molecule has 1 aromatic rings. The van der Waals surface area contributed by atoms with Crippen LogP contribution in [0, 0.1) is 12.7 Å². The smallest absolute Gasteiger partial charge is 0.247 e. The molecule has 0 aromatic heterocycles. The minimum atomic E-state index is -0.786. The standard InChI is InChI=1S/C12H15FN2O2S/c1-7-3-4-10(9(13)5-7)15-12(17)11(6-18)14-8(2)16/h3-5,11,18H,6H2,1-2H3,(H,14,16)(H,15,17). The van der Waals surface area contributed by atoms with Crippen molar-refractivity contribution in [2.24, 2.45) is 0 Å². The number of amides is 2. The number of aryl methyl sites for hydroxylation is 1. The second-order valence-corrected chi connectivity index (χ2v) is 4.27. The quantitative estimate of drug-likeness (QED) is 0.726. The van der Waals surface area contributed by atoms with E-state index in [2.05, 4.69) is 23.3 Å². The SMILES string of the molecule is CC(=O)NC(CS)C(=O)Nc1ccc(C)cc1F. The van der Waals surface area contributed by atoms with Gasteiger partial charge in [-0.25, -0.2) is 4.39 Å². The lowest BCUT2D eigenvalue weighted by Crippen LogP contribution is -2.44. The zero-order chi connectivity index (χ0) is 13.7. The molecule has 98 valence electrons. The van der Waals surface area contributed by atoms with Crippen LogP contribution in [0.15, 0.2) is 18.2 Å². The van der Waals surface area contributed by atoms with Crippen LogP contribution in [-0.2, 0) is 9.59 Å². The number of halogens is 1. The lowest BCUT2D eigenvalue weighted by Gasteiger charge is -2.15. The van der Waals surface area contributed by atoms with Crippen molar-refractivity contribution < 1.29 is 14.0 Å². The van der Waals surface area contributed by atoms with Gasteiger partial charge in [0.25, 0.3) is 0 Å². The van der Waals surface area contributed by atoms with Gasteiger partial charge in [-0.05, 0) is 24.6 Å². The van der Waals surface area contributed by atoms with Crippen molar-refractivity contribution in [1.29, 1.82) is 0 Å². The van der Waals surface area contributed by atoms with Crippen LogP contribution in [0.2, 0.25) is 0 Å². The van der Waals surface area contributed by atoms with E-state index < -0.39 is 17.8 Å². The van der Waals surface area contributed by atoms with E-state index in [4.69, 9.17) is 0 Å². The predicted molar refractivity (Wildman–Crippen MR) is 71.2 cm³/mol. The van der Waals surface area contributed by atoms with Gasteiger partial charge in [0.1, 0.15) is 11.9 Å². The fraction of sp³-hybridized carbons (Fsp3) is 0.333. The van der Waals surface area contributed by atoms with E-state index in [9.17, 15) is 14.0 Å². The number of benzene rings is 1. The molecule has 1 aromatic carbocycles. The summed E-state index contributed by atoms with van der Waals surface area (Å²) in [5.41, 5.74) is 0.848. The number of hydrogen-bond donors (Lipinski definition) is 3. The Balaban J connectivity index is 2.76. The maximum Gasteiger partial charge on any atom is 0.247 e. The molecule has 2 N–H and O–H groups in total. The van der Waals surface area contributed by atoms with Gasteiger partial charge < -0.3 is 10.6 Å². The fourth-order valence-electron chi connectivity index (χ4n) is 1.38. The summed E-state index contributed by atoms with van der Waals surface area (Å²) in [5.74, 6) is -1.21. The lowest BCUT2D eigenvalue weighted by atomic mass is 10.2. The van der Waals surface area contributed by atoms with Gasteiger partial charge in [-0.3, -0.25) is 9.59 Å². The summed E-state index contributed by atoms with van der Waals surface area (Å²) < 4.78 is 13.5. The molecule has 1 unspecified atom stereocenters. The van der Waals surface area contributed by atoms with Crippen LogP contribution in [0.3, 0.4) is 0 Å². The molecular weight excluding hydrogens is 255 g/mol. The first-order chi connectivity index (χ1) is 8.43. The molecule has 4 nitrogen and oxygen atoms in total. The Bertz CT molecular complexity index is 465. The van der Waals surface area contributed by atoms with Gasteiger partial charge in [0.15, 0.2) is 0 Å². The zero-order valence-electron chi connectivity index (χ0n) is 10.2. The van der Waals surface area contributed by atoms with Crippen LogP contribution < -0.4 is 10.6 Å². The van der Waals surface area contributed by atoms with Crippen molar-refractivity contribution in [1.82, 2.24) is 5.32 Å². The van der Waals surface area contributed by atoms with Crippen molar-refractivity contribution in [2.75, 3.05) is 11.1 Å². The third kappa shape index (κ3) is 4.03. The Morgan fingerprint density at radius 1 is 1.44 bits per heavy atom. The maximum atomic E-state index is 13.5. The molecule has 0 aliphatic heterocycles. The molecule has 1 rings (SSSR count). The summed E-state index contributed by atoms with van der Waals surface area (Å²) in [6.45, 7) is 3.05. The first kappa shape index (κ1) is 14.5. The Morgan fingerprint density at radius 3 is 2.61 bits per heavy atom. The van der Waals surface area contributed by atoms with Crippen LogP contribution >= 0.6 is 12.6 Å². The normalized spacial score (nSPS) is 11.8. The van der Waals surface area contributed by atoms with Crippen molar-refractivity contribution in [3.8, 4) is 0 Å². The Morgan fingerprint density at radius 2 is 2.11 bits per heavy atom. The minimum Gasteiger partial charge on any atom is -0.344 e. The van der Waals surface area contributed by atoms with Crippen LogP contribution in [0.25, 0.3) is 0 Å². The average molecular weight is 270 g/mol. The lowest BCUT2D eigenvalue weighted by molar-refractivity contribution is -0.124. The summed E-state index contributed by atoms with van der Waals surface area (Å²) in [6, 6.07) is 3.70. The third-order valence-electron chi connectivity index (χ3n) is 2.26. The van der Waals surface area contributed by atoms with Crippen molar-refractivity contribution in [3.63, 3.8) is 0 Å². The number of thiol groups is 1. The number of carbonyl (C=O) groups is 2. The van der Waals surface area contributed by atoms with Crippen LogP contribution in [0.4, 0.5) is 10.1 Å². The highest BCUT2D eigenvalue weighted by Gasteiger charge is 2.18. The van der Waals surface area contributed by atoms with Gasteiger partial charge in [-0.1, -0.05) is 6.07 Å². The molecule has 0 bridgehead atoms. The molecule has 0 saturated carbocycles. The molecule has 0 fully saturated rings. The molecular formula is C12H15FN2O2S. The highest BCUT2D eigenvalue weighted by molar-refractivity contribution is 7.80. The topological polar surface area (TPSA) is 58.2 Å². The van der Waals surface area contributed by atoms with Crippen molar-refractivity contribution in [3.05, 3.63) is 29.6 Å². The number of carbonyl (C=O) groups excluding carboxylic acids is 2. The molecule has 2 amide bonds. The predicted octanol–water partition coefficient (Wildman–Crippen LogP) is 1.51. The Labute approximate surface area is 110 Å². The van der Waals surface area contributed by atoms with Crippen LogP contribution in [0.5, 0.6) is 0 Å². The fourth-order valence-corrected chi connectivity index (χ4v) is 1.64. The second-order valence-electron chi connectivity index (χ2n) is 3.91. The number of hydrogen-bond acceptors (Lipinski definition) is 3. The van der Waals surface area contributed by atoms with E-state index in [0.29, 0.717) is 0 Å². The monoisotopic (exact) mass is 270 g/mol. The average Bonchev–Trinajstić information content (AvgIpc) is 2.29. The summed E-state index contributed by atoms with van der Waals surface area (Å²) in [6.07, 6.45) is 0. The molecule has 1 atom stereocenters. The second kappa shape index (κ2) is 6.39. The van der Waals surface area contributed by atoms with Crippen LogP contribution in [0.1, 0.15) is 12.5 Å². The highest BCUT2D eigenvalue weighted by atomic mass is 32.1. The molecule has 0 aliphatic carbocycles. The molecule has 0 saturated heterocycles. The van der Waals surface area contributed by atoms with E-state index in [0.717, 1.165) is 5.56 Å². The first-order valence-corrected chi connectivity index (χ1v) is 6.02. The van der Waals surface area contributed by atoms with E-state index in [1.54, 1.807) is 13.0 Å². The molecule has 0 spiro atoms. The van der Waals surface area contributed by atoms with Crippen molar-refractivity contribution in [2.45, 2.75) is 19.9 Å². The Kier molecular flexibility index (Phi) is 5.15. The maximum absolute atomic E-state index is 13.5. The number of rotatable bonds is 4. The Hall–Kier alpha value is -1.56. The molecule has 6 heteroatoms. The largest absolute Gasteiger partial charge is 0.344 e. The van der Waals surface area contributed by atoms with E-state index in [1.165, 1.54) is 19.1 Å². The van der Waals surface area contributed by atoms with Crippen LogP contribution in [-0.4, -0.2) is 23.6 Å². The molecule has 0 radical (unpaired) electrons. The molecule has 18 heavy (non-hydrogen) atoms.